The fourth-order valence-electron chi connectivity index (χ4n) is 4.54. The smallest absolute Gasteiger partial charge is 0.331 e. The molecule has 7 heteroatoms. The minimum atomic E-state index is -1.48. The van der Waals surface area contributed by atoms with Gasteiger partial charge < -0.3 is 9.84 Å². The second-order valence-electron chi connectivity index (χ2n) is 7.35. The molecule has 2 N–H and O–H groups in total. The van der Waals surface area contributed by atoms with Crippen molar-refractivity contribution in [3.63, 3.8) is 0 Å². The Morgan fingerprint density at radius 1 is 1.10 bits per heavy atom. The second-order valence-corrected chi connectivity index (χ2v) is 7.35. The van der Waals surface area contributed by atoms with Gasteiger partial charge in [-0.2, -0.15) is 0 Å². The average molecular weight is 394 g/mol. The molecule has 2 saturated heterocycles. The van der Waals surface area contributed by atoms with Crippen LogP contribution < -0.4 is 5.32 Å². The highest BCUT2D eigenvalue weighted by Crippen LogP contribution is 2.53. The molecule has 0 unspecified atom stereocenters. The first-order chi connectivity index (χ1) is 13.9. The van der Waals surface area contributed by atoms with Crippen molar-refractivity contribution in [3.8, 4) is 5.75 Å². The highest BCUT2D eigenvalue weighted by atomic mass is 16.5. The van der Waals surface area contributed by atoms with Gasteiger partial charge in [0.05, 0.1) is 18.4 Å². The second kappa shape index (κ2) is 7.00. The number of nitrogens with one attached hydrogen (secondary N) is 1. The molecule has 2 aliphatic rings. The summed E-state index contributed by atoms with van der Waals surface area (Å²) in [5.41, 5.74) is -0.204. The highest BCUT2D eigenvalue weighted by Gasteiger charge is 2.69. The summed E-state index contributed by atoms with van der Waals surface area (Å²) in [6.45, 7) is 1.85. The number of carbonyl (C=O) groups is 3. The molecule has 4 atom stereocenters. The van der Waals surface area contributed by atoms with Crippen LogP contribution in [0.25, 0.3) is 0 Å². The van der Waals surface area contributed by atoms with Crippen LogP contribution in [-0.4, -0.2) is 41.4 Å². The fourth-order valence-corrected chi connectivity index (χ4v) is 4.54. The number of ether oxygens (including phenoxy) is 1. The first-order valence-corrected chi connectivity index (χ1v) is 9.52. The number of nitrogens with zero attached hydrogens (tertiary/aromatic N) is 1. The maximum Gasteiger partial charge on any atom is 0.331 e. The molecule has 2 aliphatic heterocycles. The van der Waals surface area contributed by atoms with Crippen LogP contribution in [0.2, 0.25) is 0 Å². The predicted octanol–water partition coefficient (Wildman–Crippen LogP) is 1.73. The lowest BCUT2D eigenvalue weighted by Crippen LogP contribution is -2.53. The summed E-state index contributed by atoms with van der Waals surface area (Å²) in [7, 11) is 1.44. The molecule has 4 rings (SSSR count). The van der Waals surface area contributed by atoms with Gasteiger partial charge in [0.25, 0.3) is 0 Å². The van der Waals surface area contributed by atoms with Gasteiger partial charge in [-0.1, -0.05) is 42.5 Å². The van der Waals surface area contributed by atoms with E-state index in [-0.39, 0.29) is 18.3 Å². The lowest BCUT2D eigenvalue weighted by molar-refractivity contribution is -0.156. The number of hydrogen-bond acceptors (Lipinski definition) is 6. The van der Waals surface area contributed by atoms with Crippen LogP contribution in [0.3, 0.4) is 0 Å². The van der Waals surface area contributed by atoms with E-state index in [0.29, 0.717) is 11.1 Å². The van der Waals surface area contributed by atoms with Crippen molar-refractivity contribution in [2.75, 3.05) is 13.7 Å². The minimum Gasteiger partial charge on any atom is -0.508 e. The molecule has 150 valence electrons. The summed E-state index contributed by atoms with van der Waals surface area (Å²) in [5, 5.41) is 12.9. The van der Waals surface area contributed by atoms with Gasteiger partial charge in [0.1, 0.15) is 5.75 Å². The van der Waals surface area contributed by atoms with Crippen LogP contribution in [0, 0.1) is 11.8 Å². The first-order valence-electron chi connectivity index (χ1n) is 9.52. The third-order valence-electron chi connectivity index (χ3n) is 5.86. The minimum absolute atomic E-state index is 0.0916. The molecular weight excluding hydrogens is 372 g/mol. The van der Waals surface area contributed by atoms with Gasteiger partial charge in [-0.3, -0.25) is 19.8 Å². The van der Waals surface area contributed by atoms with Crippen LogP contribution in [0.15, 0.2) is 54.6 Å². The van der Waals surface area contributed by atoms with Gasteiger partial charge >= 0.3 is 5.97 Å². The number of likely N-dealkylation sites (tertiary alicyclic amines) is 1. The van der Waals surface area contributed by atoms with Crippen LogP contribution >= 0.6 is 0 Å². The number of carbonyl (C=O) groups excluding carboxylic acids is 3. The fraction of sp³-hybridized carbons (Fsp3) is 0.318. The van der Waals surface area contributed by atoms with Crippen molar-refractivity contribution < 1.29 is 24.2 Å². The Kier molecular flexibility index (Phi) is 4.62. The standard InChI is InChI=1S/C22H22N2O5/c1-3-29-21(28)22(14-7-5-4-6-8-14)17-16(19(26)24(2)20(17)27)18(23-22)13-9-11-15(25)12-10-13/h4-12,16-18,23,25H,3H2,1-2H3/t16-,17+,18-,22+/m0/s1. The van der Waals surface area contributed by atoms with E-state index in [4.69, 9.17) is 4.74 Å². The average Bonchev–Trinajstić information content (AvgIpc) is 3.20. The monoisotopic (exact) mass is 394 g/mol. The van der Waals surface area contributed by atoms with Crippen LogP contribution in [0.5, 0.6) is 5.75 Å². The van der Waals surface area contributed by atoms with E-state index in [9.17, 15) is 19.5 Å². The number of rotatable bonds is 4. The Hall–Kier alpha value is -3.19. The Labute approximate surface area is 168 Å². The van der Waals surface area contributed by atoms with E-state index >= 15 is 0 Å². The number of benzene rings is 2. The van der Waals surface area contributed by atoms with Gasteiger partial charge in [0, 0.05) is 13.1 Å². The zero-order chi connectivity index (χ0) is 20.8. The van der Waals surface area contributed by atoms with Gasteiger partial charge in [0.15, 0.2) is 5.54 Å². The lowest BCUT2D eigenvalue weighted by Gasteiger charge is -2.33. The van der Waals surface area contributed by atoms with Crippen molar-refractivity contribution >= 4 is 17.8 Å². The SMILES string of the molecule is CCOC(=O)[C@]1(c2ccccc2)N[C@@H](c2ccc(O)cc2)[C@H]2C(=O)N(C)C(=O)[C@@H]21. The summed E-state index contributed by atoms with van der Waals surface area (Å²) < 4.78 is 5.39. The Bertz CT molecular complexity index is 959. The molecule has 0 aliphatic carbocycles. The largest absolute Gasteiger partial charge is 0.508 e. The molecule has 7 nitrogen and oxygen atoms in total. The molecule has 2 aromatic rings. The first kappa shape index (κ1) is 19.1. The number of phenols is 1. The Balaban J connectivity index is 1.93. The zero-order valence-electron chi connectivity index (χ0n) is 16.2. The van der Waals surface area contributed by atoms with E-state index < -0.39 is 35.3 Å². The number of aromatic hydroxyl groups is 1. The molecule has 29 heavy (non-hydrogen) atoms. The number of esters is 1. The molecule has 0 aromatic heterocycles. The van der Waals surface area contributed by atoms with Crippen molar-refractivity contribution in [1.82, 2.24) is 10.2 Å². The van der Waals surface area contributed by atoms with Crippen molar-refractivity contribution in [3.05, 3.63) is 65.7 Å². The van der Waals surface area contributed by atoms with E-state index in [1.54, 1.807) is 43.3 Å². The molecule has 0 spiro atoms. The molecule has 2 heterocycles. The van der Waals surface area contributed by atoms with Gasteiger partial charge in [-0.25, -0.2) is 4.79 Å². The molecule has 0 bridgehead atoms. The van der Waals surface area contributed by atoms with Gasteiger partial charge in [-0.15, -0.1) is 0 Å². The number of amides is 2. The van der Waals surface area contributed by atoms with Crippen LogP contribution in [0.1, 0.15) is 24.1 Å². The maximum absolute atomic E-state index is 13.3. The summed E-state index contributed by atoms with van der Waals surface area (Å²) >= 11 is 0. The van der Waals surface area contributed by atoms with E-state index in [1.165, 1.54) is 19.2 Å². The topological polar surface area (TPSA) is 95.9 Å². The predicted molar refractivity (Wildman–Crippen MR) is 103 cm³/mol. The maximum atomic E-state index is 13.3. The highest BCUT2D eigenvalue weighted by molar-refractivity contribution is 6.09. The number of hydrogen-bond donors (Lipinski definition) is 2. The third kappa shape index (κ3) is 2.73. The van der Waals surface area contributed by atoms with Gasteiger partial charge in [0.2, 0.25) is 11.8 Å². The van der Waals surface area contributed by atoms with Gasteiger partial charge in [-0.05, 0) is 30.2 Å². The third-order valence-corrected chi connectivity index (χ3v) is 5.86. The quantitative estimate of drug-likeness (QED) is 0.606. The van der Waals surface area contributed by atoms with Crippen molar-refractivity contribution in [2.24, 2.45) is 11.8 Å². The molecule has 0 radical (unpaired) electrons. The molecule has 0 saturated carbocycles. The summed E-state index contributed by atoms with van der Waals surface area (Å²) in [5.74, 6) is -2.94. The molecule has 2 amide bonds. The number of fused-ring (bicyclic) bond motifs is 1. The Morgan fingerprint density at radius 3 is 2.38 bits per heavy atom. The van der Waals surface area contributed by atoms with Crippen molar-refractivity contribution in [2.45, 2.75) is 18.5 Å². The molecule has 2 fully saturated rings. The van der Waals surface area contributed by atoms with Crippen molar-refractivity contribution in [1.29, 1.82) is 0 Å². The number of imide groups is 1. The van der Waals surface area contributed by atoms with Crippen LogP contribution in [0.4, 0.5) is 0 Å². The van der Waals surface area contributed by atoms with E-state index in [0.717, 1.165) is 4.90 Å². The lowest BCUT2D eigenvalue weighted by atomic mass is 9.75. The summed E-state index contributed by atoms with van der Waals surface area (Å²) in [6, 6.07) is 14.7. The van der Waals surface area contributed by atoms with E-state index in [2.05, 4.69) is 5.32 Å². The zero-order valence-corrected chi connectivity index (χ0v) is 16.2. The van der Waals surface area contributed by atoms with Crippen LogP contribution in [-0.2, 0) is 24.7 Å². The number of phenolic OH excluding ortho intramolecular Hbond substituents is 1. The van der Waals surface area contributed by atoms with E-state index in [1.807, 2.05) is 6.07 Å². The normalized spacial score (nSPS) is 28.5. The Morgan fingerprint density at radius 2 is 1.76 bits per heavy atom. The molecular formula is C22H22N2O5. The summed E-state index contributed by atoms with van der Waals surface area (Å²) in [6.07, 6.45) is 0. The summed E-state index contributed by atoms with van der Waals surface area (Å²) in [4.78, 5) is 40.5. The molecule has 2 aromatic carbocycles.